The van der Waals surface area contributed by atoms with E-state index in [0.29, 0.717) is 5.56 Å². The van der Waals surface area contributed by atoms with Gasteiger partial charge in [0.2, 0.25) is 0 Å². The lowest BCUT2D eigenvalue weighted by atomic mass is 10.1. The summed E-state index contributed by atoms with van der Waals surface area (Å²) in [5.41, 5.74) is 2.86. The first-order chi connectivity index (χ1) is 12.6. The Bertz CT molecular complexity index is 758. The van der Waals surface area contributed by atoms with Gasteiger partial charge in [0.15, 0.2) is 0 Å². The summed E-state index contributed by atoms with van der Waals surface area (Å²) in [6.07, 6.45) is 4.70. The maximum absolute atomic E-state index is 12.0. The largest absolute Gasteiger partial charge is 0.354 e. The molecule has 0 radical (unpaired) electrons. The number of carbonyl (C=O) groups is 1. The lowest BCUT2D eigenvalue weighted by Crippen LogP contribution is -2.47. The van der Waals surface area contributed by atoms with E-state index in [1.54, 1.807) is 19.0 Å². The number of benzene rings is 1. The molecule has 2 fully saturated rings. The predicted molar refractivity (Wildman–Crippen MR) is 104 cm³/mol. The van der Waals surface area contributed by atoms with E-state index in [1.165, 1.54) is 12.8 Å². The van der Waals surface area contributed by atoms with Gasteiger partial charge in [0.1, 0.15) is 5.82 Å². The average Bonchev–Trinajstić information content (AvgIpc) is 3.53. The Morgan fingerprint density at radius 2 is 1.62 bits per heavy atom. The molecule has 0 bridgehead atoms. The van der Waals surface area contributed by atoms with Crippen molar-refractivity contribution in [3.05, 3.63) is 48.2 Å². The molecule has 4 rings (SSSR count). The Kier molecular flexibility index (Phi) is 4.64. The van der Waals surface area contributed by atoms with Gasteiger partial charge in [-0.25, -0.2) is 4.98 Å². The molecule has 26 heavy (non-hydrogen) atoms. The third-order valence-corrected chi connectivity index (χ3v) is 5.32. The standard InChI is InChI=1S/C21H26N4O/c1-23(2)21(26)17-5-3-16(4-6-17)18-7-10-20(22-15-18)25-13-11-24(12-14-25)19-8-9-19/h3-7,10,15,19H,8-9,11-14H2,1-2H3. The molecule has 1 aliphatic carbocycles. The molecule has 1 aliphatic heterocycles. The monoisotopic (exact) mass is 350 g/mol. The summed E-state index contributed by atoms with van der Waals surface area (Å²) in [5, 5.41) is 0. The van der Waals surface area contributed by atoms with Crippen LogP contribution in [0.4, 0.5) is 5.82 Å². The van der Waals surface area contributed by atoms with Crippen LogP contribution in [0.1, 0.15) is 23.2 Å². The van der Waals surface area contributed by atoms with Crippen molar-refractivity contribution < 1.29 is 4.79 Å². The quantitative estimate of drug-likeness (QED) is 0.850. The number of anilines is 1. The molecule has 1 amide bonds. The van der Waals surface area contributed by atoms with Crippen LogP contribution in [0.2, 0.25) is 0 Å². The molecule has 2 aliphatic rings. The van der Waals surface area contributed by atoms with Crippen LogP contribution in [-0.2, 0) is 0 Å². The summed E-state index contributed by atoms with van der Waals surface area (Å²) in [4.78, 5) is 23.2. The Morgan fingerprint density at radius 3 is 2.15 bits per heavy atom. The Morgan fingerprint density at radius 1 is 0.962 bits per heavy atom. The highest BCUT2D eigenvalue weighted by molar-refractivity contribution is 5.94. The van der Waals surface area contributed by atoms with Crippen molar-refractivity contribution in [1.29, 1.82) is 0 Å². The third kappa shape index (κ3) is 3.58. The molecular formula is C21H26N4O. The molecule has 1 aromatic heterocycles. The molecule has 0 unspecified atom stereocenters. The summed E-state index contributed by atoms with van der Waals surface area (Å²) < 4.78 is 0. The van der Waals surface area contributed by atoms with Crippen LogP contribution < -0.4 is 4.90 Å². The van der Waals surface area contributed by atoms with Crippen molar-refractivity contribution in [3.63, 3.8) is 0 Å². The molecule has 1 saturated heterocycles. The number of piperazine rings is 1. The van der Waals surface area contributed by atoms with Gasteiger partial charge in [-0.3, -0.25) is 9.69 Å². The molecular weight excluding hydrogens is 324 g/mol. The molecule has 5 heteroatoms. The van der Waals surface area contributed by atoms with Crippen molar-refractivity contribution in [1.82, 2.24) is 14.8 Å². The lowest BCUT2D eigenvalue weighted by Gasteiger charge is -2.35. The second kappa shape index (κ2) is 7.08. The second-order valence-corrected chi connectivity index (χ2v) is 7.44. The zero-order valence-corrected chi connectivity index (χ0v) is 15.6. The van der Waals surface area contributed by atoms with Crippen LogP contribution in [0, 0.1) is 0 Å². The van der Waals surface area contributed by atoms with E-state index in [0.717, 1.165) is 49.2 Å². The maximum Gasteiger partial charge on any atom is 0.253 e. The first-order valence-electron chi connectivity index (χ1n) is 9.39. The Labute approximate surface area is 155 Å². The number of nitrogens with zero attached hydrogens (tertiary/aromatic N) is 4. The van der Waals surface area contributed by atoms with Crippen LogP contribution in [0.25, 0.3) is 11.1 Å². The fraction of sp³-hybridized carbons (Fsp3) is 0.429. The predicted octanol–water partition coefficient (Wildman–Crippen LogP) is 2.73. The van der Waals surface area contributed by atoms with Gasteiger partial charge in [-0.2, -0.15) is 0 Å². The highest BCUT2D eigenvalue weighted by atomic mass is 16.2. The fourth-order valence-corrected chi connectivity index (χ4v) is 3.56. The SMILES string of the molecule is CN(C)C(=O)c1ccc(-c2ccc(N3CCN(C4CC4)CC3)nc2)cc1. The van der Waals surface area contributed by atoms with Crippen molar-refractivity contribution >= 4 is 11.7 Å². The minimum absolute atomic E-state index is 0.0235. The van der Waals surface area contributed by atoms with Crippen LogP contribution in [0.3, 0.4) is 0 Å². The average molecular weight is 350 g/mol. The Hall–Kier alpha value is -2.40. The number of hydrogen-bond donors (Lipinski definition) is 0. The number of carbonyl (C=O) groups excluding carboxylic acids is 1. The minimum Gasteiger partial charge on any atom is -0.354 e. The van der Waals surface area contributed by atoms with E-state index < -0.39 is 0 Å². The van der Waals surface area contributed by atoms with E-state index in [4.69, 9.17) is 0 Å². The zero-order chi connectivity index (χ0) is 18.1. The molecule has 5 nitrogen and oxygen atoms in total. The van der Waals surface area contributed by atoms with Gasteiger partial charge in [0.25, 0.3) is 5.91 Å². The van der Waals surface area contributed by atoms with Crippen molar-refractivity contribution in [2.45, 2.75) is 18.9 Å². The minimum atomic E-state index is 0.0235. The van der Waals surface area contributed by atoms with Gasteiger partial charge in [0, 0.05) is 63.6 Å². The summed E-state index contributed by atoms with van der Waals surface area (Å²) in [6.45, 7) is 4.42. The van der Waals surface area contributed by atoms with Crippen LogP contribution in [0.5, 0.6) is 0 Å². The molecule has 136 valence electrons. The van der Waals surface area contributed by atoms with E-state index in [9.17, 15) is 4.79 Å². The number of hydrogen-bond acceptors (Lipinski definition) is 4. The topological polar surface area (TPSA) is 39.7 Å². The van der Waals surface area contributed by atoms with Crippen molar-refractivity contribution in [2.75, 3.05) is 45.2 Å². The van der Waals surface area contributed by atoms with Gasteiger partial charge in [-0.1, -0.05) is 12.1 Å². The molecule has 1 saturated carbocycles. The van der Waals surface area contributed by atoms with Gasteiger partial charge in [-0.15, -0.1) is 0 Å². The van der Waals surface area contributed by atoms with E-state index in [1.807, 2.05) is 30.5 Å². The third-order valence-electron chi connectivity index (χ3n) is 5.32. The van der Waals surface area contributed by atoms with E-state index >= 15 is 0 Å². The number of pyridine rings is 1. The fourth-order valence-electron chi connectivity index (χ4n) is 3.56. The van der Waals surface area contributed by atoms with Gasteiger partial charge >= 0.3 is 0 Å². The highest BCUT2D eigenvalue weighted by Crippen LogP contribution is 2.28. The van der Waals surface area contributed by atoms with E-state index in [2.05, 4.69) is 26.9 Å². The molecule has 0 N–H and O–H groups in total. The summed E-state index contributed by atoms with van der Waals surface area (Å²) in [6, 6.07) is 12.8. The smallest absolute Gasteiger partial charge is 0.253 e. The molecule has 1 aromatic carbocycles. The summed E-state index contributed by atoms with van der Waals surface area (Å²) in [5.74, 6) is 1.08. The molecule has 0 spiro atoms. The van der Waals surface area contributed by atoms with E-state index in [-0.39, 0.29) is 5.91 Å². The first-order valence-corrected chi connectivity index (χ1v) is 9.39. The molecule has 2 aromatic rings. The van der Waals surface area contributed by atoms with Crippen LogP contribution in [-0.4, -0.2) is 67.0 Å². The van der Waals surface area contributed by atoms with Crippen LogP contribution in [0.15, 0.2) is 42.6 Å². The molecule has 2 heterocycles. The Balaban J connectivity index is 1.42. The second-order valence-electron chi connectivity index (χ2n) is 7.44. The number of amides is 1. The van der Waals surface area contributed by atoms with Gasteiger partial charge in [-0.05, 0) is 42.7 Å². The lowest BCUT2D eigenvalue weighted by molar-refractivity contribution is 0.0827. The summed E-state index contributed by atoms with van der Waals surface area (Å²) in [7, 11) is 3.53. The van der Waals surface area contributed by atoms with Gasteiger partial charge in [0.05, 0.1) is 0 Å². The number of rotatable bonds is 4. The normalized spacial score (nSPS) is 18.0. The summed E-state index contributed by atoms with van der Waals surface area (Å²) >= 11 is 0. The van der Waals surface area contributed by atoms with Crippen LogP contribution >= 0.6 is 0 Å². The maximum atomic E-state index is 12.0. The highest BCUT2D eigenvalue weighted by Gasteiger charge is 2.31. The first kappa shape index (κ1) is 17.0. The number of aromatic nitrogens is 1. The van der Waals surface area contributed by atoms with Crippen molar-refractivity contribution in [2.24, 2.45) is 0 Å². The molecule has 0 atom stereocenters. The van der Waals surface area contributed by atoms with Gasteiger partial charge < -0.3 is 9.80 Å². The zero-order valence-electron chi connectivity index (χ0n) is 15.6. The van der Waals surface area contributed by atoms with Crippen molar-refractivity contribution in [3.8, 4) is 11.1 Å².